The van der Waals surface area contributed by atoms with Gasteiger partial charge < -0.3 is 20.3 Å². The molecule has 0 aliphatic rings. The summed E-state index contributed by atoms with van der Waals surface area (Å²) in [6.45, 7) is 6.46. The number of esters is 1. The SMILES string of the molecule is CCCCCCCCCCCCCCC(=O)OC(CCCCCCCCCCCCC)CC(=O)NC(CO)C(O)CCCCCCCCCCC. The van der Waals surface area contributed by atoms with Crippen molar-refractivity contribution < 1.29 is 24.5 Å². The summed E-state index contributed by atoms with van der Waals surface area (Å²) < 4.78 is 5.90. The average Bonchev–Trinajstić information content (AvgIpc) is 3.12. The van der Waals surface area contributed by atoms with Crippen LogP contribution in [0, 0.1) is 0 Å². The fourth-order valence-corrected chi connectivity index (χ4v) is 7.20. The zero-order chi connectivity index (χ0) is 37.5. The normalized spacial score (nSPS) is 13.3. The van der Waals surface area contributed by atoms with Crippen molar-refractivity contribution in [3.8, 4) is 0 Å². The molecular weight excluding hydrogens is 634 g/mol. The van der Waals surface area contributed by atoms with Gasteiger partial charge >= 0.3 is 5.97 Å². The van der Waals surface area contributed by atoms with Crippen LogP contribution in [0.25, 0.3) is 0 Å². The molecule has 0 aliphatic heterocycles. The number of rotatable bonds is 41. The molecule has 0 aliphatic carbocycles. The minimum atomic E-state index is -0.776. The average molecular weight is 724 g/mol. The first-order valence-corrected chi connectivity index (χ1v) is 22.8. The predicted molar refractivity (Wildman–Crippen MR) is 218 cm³/mol. The second kappa shape index (κ2) is 40.1. The minimum Gasteiger partial charge on any atom is -0.462 e. The van der Waals surface area contributed by atoms with Crippen LogP contribution in [-0.2, 0) is 14.3 Å². The molecule has 6 heteroatoms. The number of carbonyl (C=O) groups excluding carboxylic acids is 2. The second-order valence-electron chi connectivity index (χ2n) is 15.8. The van der Waals surface area contributed by atoms with Crippen LogP contribution >= 0.6 is 0 Å². The van der Waals surface area contributed by atoms with Gasteiger partial charge in [0.05, 0.1) is 25.2 Å². The fraction of sp³-hybridized carbons (Fsp3) is 0.956. The Bertz CT molecular complexity index is 731. The first kappa shape index (κ1) is 49.9. The first-order chi connectivity index (χ1) is 25.0. The maximum Gasteiger partial charge on any atom is 0.306 e. The number of hydrogen-bond acceptors (Lipinski definition) is 5. The van der Waals surface area contributed by atoms with Crippen molar-refractivity contribution in [3.05, 3.63) is 0 Å². The van der Waals surface area contributed by atoms with Gasteiger partial charge in [0.25, 0.3) is 0 Å². The van der Waals surface area contributed by atoms with Gasteiger partial charge in [-0.05, 0) is 25.7 Å². The van der Waals surface area contributed by atoms with E-state index >= 15 is 0 Å². The lowest BCUT2D eigenvalue weighted by molar-refractivity contribution is -0.151. The van der Waals surface area contributed by atoms with Crippen LogP contribution in [0.1, 0.15) is 252 Å². The van der Waals surface area contributed by atoms with Gasteiger partial charge in [0, 0.05) is 6.42 Å². The van der Waals surface area contributed by atoms with Crippen molar-refractivity contribution in [2.24, 2.45) is 0 Å². The smallest absolute Gasteiger partial charge is 0.306 e. The van der Waals surface area contributed by atoms with Gasteiger partial charge in [0.15, 0.2) is 0 Å². The minimum absolute atomic E-state index is 0.0865. The van der Waals surface area contributed by atoms with Crippen molar-refractivity contribution in [1.29, 1.82) is 0 Å². The Morgan fingerprint density at radius 1 is 0.490 bits per heavy atom. The van der Waals surface area contributed by atoms with Crippen molar-refractivity contribution >= 4 is 11.9 Å². The van der Waals surface area contributed by atoms with Crippen molar-refractivity contribution in [1.82, 2.24) is 5.32 Å². The van der Waals surface area contributed by atoms with Gasteiger partial charge in [-0.15, -0.1) is 0 Å². The van der Waals surface area contributed by atoms with Crippen LogP contribution in [-0.4, -0.2) is 46.9 Å². The Labute approximate surface area is 317 Å². The molecule has 0 heterocycles. The topological polar surface area (TPSA) is 95.9 Å². The summed E-state index contributed by atoms with van der Waals surface area (Å²) in [6.07, 6.45) is 40.2. The molecule has 0 bridgehead atoms. The lowest BCUT2D eigenvalue weighted by atomic mass is 10.0. The van der Waals surface area contributed by atoms with Crippen molar-refractivity contribution in [2.75, 3.05) is 6.61 Å². The van der Waals surface area contributed by atoms with Crippen molar-refractivity contribution in [2.45, 2.75) is 270 Å². The molecule has 3 N–H and O–H groups in total. The van der Waals surface area contributed by atoms with E-state index < -0.39 is 18.2 Å². The van der Waals surface area contributed by atoms with Crippen LogP contribution < -0.4 is 5.32 Å². The van der Waals surface area contributed by atoms with E-state index in [1.54, 1.807) is 0 Å². The highest BCUT2D eigenvalue weighted by Gasteiger charge is 2.24. The number of aliphatic hydroxyl groups is 2. The van der Waals surface area contributed by atoms with Crippen LogP contribution in [0.4, 0.5) is 0 Å². The second-order valence-corrected chi connectivity index (χ2v) is 15.8. The van der Waals surface area contributed by atoms with Crippen LogP contribution in [0.5, 0.6) is 0 Å². The highest BCUT2D eigenvalue weighted by Crippen LogP contribution is 2.18. The van der Waals surface area contributed by atoms with E-state index in [9.17, 15) is 19.8 Å². The molecule has 0 aromatic rings. The Kier molecular flexibility index (Phi) is 39.2. The number of aliphatic hydroxyl groups excluding tert-OH is 2. The Hall–Kier alpha value is -1.14. The molecule has 0 rings (SSSR count). The maximum absolute atomic E-state index is 13.1. The highest BCUT2D eigenvalue weighted by molar-refractivity contribution is 5.77. The number of unbranched alkanes of at least 4 members (excludes halogenated alkanes) is 29. The highest BCUT2D eigenvalue weighted by atomic mass is 16.5. The number of ether oxygens (including phenoxy) is 1. The van der Waals surface area contributed by atoms with Gasteiger partial charge in [-0.2, -0.15) is 0 Å². The molecule has 0 spiro atoms. The quantitative estimate of drug-likeness (QED) is 0.0431. The number of carbonyl (C=O) groups is 2. The van der Waals surface area contributed by atoms with Gasteiger partial charge in [-0.1, -0.05) is 213 Å². The van der Waals surface area contributed by atoms with E-state index in [1.165, 1.54) is 161 Å². The van der Waals surface area contributed by atoms with Crippen LogP contribution in [0.2, 0.25) is 0 Å². The summed E-state index contributed by atoms with van der Waals surface area (Å²) >= 11 is 0. The van der Waals surface area contributed by atoms with Crippen molar-refractivity contribution in [3.63, 3.8) is 0 Å². The predicted octanol–water partition coefficient (Wildman–Crippen LogP) is 12.8. The zero-order valence-corrected chi connectivity index (χ0v) is 34.5. The molecule has 0 saturated heterocycles. The molecule has 0 fully saturated rings. The van der Waals surface area contributed by atoms with Crippen LogP contribution in [0.3, 0.4) is 0 Å². The maximum atomic E-state index is 13.1. The third kappa shape index (κ3) is 35.6. The van der Waals surface area contributed by atoms with E-state index in [0.717, 1.165) is 44.9 Å². The van der Waals surface area contributed by atoms with Gasteiger partial charge in [0.2, 0.25) is 5.91 Å². The van der Waals surface area contributed by atoms with E-state index in [4.69, 9.17) is 4.74 Å². The van der Waals surface area contributed by atoms with E-state index in [0.29, 0.717) is 19.3 Å². The molecule has 6 nitrogen and oxygen atoms in total. The summed E-state index contributed by atoms with van der Waals surface area (Å²) in [5, 5.41) is 23.6. The van der Waals surface area contributed by atoms with Gasteiger partial charge in [-0.25, -0.2) is 0 Å². The monoisotopic (exact) mass is 724 g/mol. The summed E-state index contributed by atoms with van der Waals surface area (Å²) in [5.74, 6) is -0.460. The third-order valence-electron chi connectivity index (χ3n) is 10.7. The van der Waals surface area contributed by atoms with E-state index in [1.807, 2.05) is 0 Å². The lowest BCUT2D eigenvalue weighted by Crippen LogP contribution is -2.46. The Morgan fingerprint density at radius 2 is 0.824 bits per heavy atom. The zero-order valence-electron chi connectivity index (χ0n) is 34.5. The van der Waals surface area contributed by atoms with Gasteiger partial charge in [-0.3, -0.25) is 9.59 Å². The molecule has 0 aromatic heterocycles. The fourth-order valence-electron chi connectivity index (χ4n) is 7.20. The summed E-state index contributed by atoms with van der Waals surface area (Å²) in [7, 11) is 0. The summed E-state index contributed by atoms with van der Waals surface area (Å²) in [4.78, 5) is 25.9. The first-order valence-electron chi connectivity index (χ1n) is 22.8. The molecule has 0 radical (unpaired) electrons. The van der Waals surface area contributed by atoms with Gasteiger partial charge in [0.1, 0.15) is 6.10 Å². The Balaban J connectivity index is 4.54. The molecule has 3 unspecified atom stereocenters. The van der Waals surface area contributed by atoms with E-state index in [-0.39, 0.29) is 24.9 Å². The number of nitrogens with one attached hydrogen (secondary N) is 1. The lowest BCUT2D eigenvalue weighted by Gasteiger charge is -2.24. The summed E-state index contributed by atoms with van der Waals surface area (Å²) in [5.41, 5.74) is 0. The standard InChI is InChI=1S/C45H89NO5/c1-4-7-10-13-16-19-21-23-26-29-32-35-38-45(50)51-41(36-33-30-27-25-22-20-17-14-11-8-5-2)39-44(49)46-42(40-47)43(48)37-34-31-28-24-18-15-12-9-6-3/h41-43,47-48H,4-40H2,1-3H3,(H,46,49). The third-order valence-corrected chi connectivity index (χ3v) is 10.7. The Morgan fingerprint density at radius 3 is 1.20 bits per heavy atom. The molecule has 1 amide bonds. The number of hydrogen-bond donors (Lipinski definition) is 3. The largest absolute Gasteiger partial charge is 0.462 e. The molecule has 0 aromatic carbocycles. The molecule has 51 heavy (non-hydrogen) atoms. The number of amides is 1. The molecular formula is C45H89NO5. The van der Waals surface area contributed by atoms with Crippen LogP contribution in [0.15, 0.2) is 0 Å². The van der Waals surface area contributed by atoms with E-state index in [2.05, 4.69) is 26.1 Å². The molecule has 3 atom stereocenters. The summed E-state index contributed by atoms with van der Waals surface area (Å²) in [6, 6.07) is -0.689. The molecule has 304 valence electrons. The molecule has 0 saturated carbocycles.